The molecule has 38 heavy (non-hydrogen) atoms. The number of rotatable bonds is 6. The molecule has 2 aromatic carbocycles. The lowest BCUT2D eigenvalue weighted by molar-refractivity contribution is 0.0623. The minimum Gasteiger partial charge on any atom is -0.497 e. The lowest BCUT2D eigenvalue weighted by Crippen LogP contribution is -2.48. The zero-order valence-corrected chi connectivity index (χ0v) is 22.8. The van der Waals surface area contributed by atoms with Crippen LogP contribution in [0.5, 0.6) is 5.75 Å². The van der Waals surface area contributed by atoms with E-state index in [0.717, 1.165) is 30.4 Å². The molecule has 0 spiro atoms. The number of carbonyl (C=O) groups is 2. The molecule has 0 atom stereocenters. The van der Waals surface area contributed by atoms with Gasteiger partial charge in [-0.1, -0.05) is 29.8 Å². The van der Waals surface area contributed by atoms with Gasteiger partial charge in [-0.05, 0) is 42.7 Å². The molecule has 2 aliphatic rings. The average Bonchev–Trinajstić information content (AvgIpc) is 3.44. The molecular formula is C28H30ClFN4O3S. The van der Waals surface area contributed by atoms with Crippen LogP contribution in [0.1, 0.15) is 50.2 Å². The number of hydrogen-bond donors (Lipinski definition) is 0. The molecule has 0 bridgehead atoms. The first-order chi connectivity index (χ1) is 18.4. The third kappa shape index (κ3) is 5.85. The van der Waals surface area contributed by atoms with E-state index < -0.39 is 5.82 Å². The summed E-state index contributed by atoms with van der Waals surface area (Å²) in [5.74, 6) is 0.00160. The molecule has 10 heteroatoms. The van der Waals surface area contributed by atoms with E-state index in [1.54, 1.807) is 12.0 Å². The molecule has 7 nitrogen and oxygen atoms in total. The number of benzene rings is 2. The van der Waals surface area contributed by atoms with Gasteiger partial charge in [0.2, 0.25) is 0 Å². The van der Waals surface area contributed by atoms with Crippen molar-refractivity contribution < 1.29 is 18.7 Å². The molecule has 200 valence electrons. The van der Waals surface area contributed by atoms with E-state index in [1.807, 2.05) is 22.4 Å². The summed E-state index contributed by atoms with van der Waals surface area (Å²) < 4.78 is 19.4. The van der Waals surface area contributed by atoms with Crippen LogP contribution < -0.4 is 4.74 Å². The summed E-state index contributed by atoms with van der Waals surface area (Å²) in [7, 11) is 1.66. The van der Waals surface area contributed by atoms with Crippen molar-refractivity contribution in [3.8, 4) is 5.75 Å². The van der Waals surface area contributed by atoms with Crippen molar-refractivity contribution in [1.82, 2.24) is 19.7 Å². The van der Waals surface area contributed by atoms with E-state index >= 15 is 0 Å². The Morgan fingerprint density at radius 3 is 2.34 bits per heavy atom. The molecule has 0 aliphatic carbocycles. The molecule has 1 aromatic heterocycles. The number of piperazine rings is 1. The first kappa shape index (κ1) is 26.6. The number of nitrogens with zero attached hydrogens (tertiary/aromatic N) is 4. The van der Waals surface area contributed by atoms with Crippen molar-refractivity contribution in [3.05, 3.63) is 80.5 Å². The van der Waals surface area contributed by atoms with Gasteiger partial charge in [0.25, 0.3) is 11.8 Å². The highest BCUT2D eigenvalue weighted by Gasteiger charge is 2.30. The van der Waals surface area contributed by atoms with Crippen molar-refractivity contribution in [2.75, 3.05) is 46.4 Å². The Balaban J connectivity index is 1.12. The van der Waals surface area contributed by atoms with Crippen LogP contribution in [0.3, 0.4) is 0 Å². The smallest absolute Gasteiger partial charge is 0.273 e. The van der Waals surface area contributed by atoms with Crippen molar-refractivity contribution in [2.24, 2.45) is 0 Å². The number of carbonyl (C=O) groups excluding carboxylic acids is 2. The van der Waals surface area contributed by atoms with Gasteiger partial charge in [0.05, 0.1) is 22.7 Å². The lowest BCUT2D eigenvalue weighted by atomic mass is 9.97. The van der Waals surface area contributed by atoms with E-state index in [1.165, 1.54) is 35.1 Å². The molecule has 0 radical (unpaired) electrons. The second-order valence-corrected chi connectivity index (χ2v) is 10.9. The number of thiazole rings is 1. The van der Waals surface area contributed by atoms with Gasteiger partial charge < -0.3 is 14.5 Å². The maximum absolute atomic E-state index is 14.2. The van der Waals surface area contributed by atoms with Crippen LogP contribution in [-0.2, 0) is 6.54 Å². The minimum absolute atomic E-state index is 0.0293. The van der Waals surface area contributed by atoms with Crippen molar-refractivity contribution >= 4 is 34.8 Å². The summed E-state index contributed by atoms with van der Waals surface area (Å²) in [5, 5.41) is 2.89. The monoisotopic (exact) mass is 556 g/mol. The maximum Gasteiger partial charge on any atom is 0.273 e. The van der Waals surface area contributed by atoms with Crippen LogP contribution in [0.2, 0.25) is 5.02 Å². The third-order valence-corrected chi connectivity index (χ3v) is 8.60. The van der Waals surface area contributed by atoms with Crippen LogP contribution >= 0.6 is 22.9 Å². The SMILES string of the molecule is COc1ccc(CN2CCN(C(=O)c3csc(C4CCN(C(=O)c5c(F)cccc5Cl)CC4)n3)CC2)cc1. The Hall–Kier alpha value is -3.01. The first-order valence-electron chi connectivity index (χ1n) is 12.8. The summed E-state index contributed by atoms with van der Waals surface area (Å²) in [4.78, 5) is 36.5. The zero-order valence-electron chi connectivity index (χ0n) is 21.2. The van der Waals surface area contributed by atoms with Crippen molar-refractivity contribution in [3.63, 3.8) is 0 Å². The molecule has 2 saturated heterocycles. The van der Waals surface area contributed by atoms with Crippen molar-refractivity contribution in [2.45, 2.75) is 25.3 Å². The molecule has 3 heterocycles. The van der Waals surface area contributed by atoms with Gasteiger partial charge in [0, 0.05) is 57.1 Å². The third-order valence-electron chi connectivity index (χ3n) is 7.27. The van der Waals surface area contributed by atoms with Gasteiger partial charge in [-0.15, -0.1) is 11.3 Å². The van der Waals surface area contributed by atoms with Crippen LogP contribution in [0.25, 0.3) is 0 Å². The summed E-state index contributed by atoms with van der Waals surface area (Å²) in [5.41, 5.74) is 1.64. The summed E-state index contributed by atoms with van der Waals surface area (Å²) in [6.45, 7) is 4.79. The molecule has 2 amide bonds. The van der Waals surface area contributed by atoms with Gasteiger partial charge in [-0.3, -0.25) is 14.5 Å². The fraction of sp³-hybridized carbons (Fsp3) is 0.393. The lowest BCUT2D eigenvalue weighted by Gasteiger charge is -2.34. The molecule has 5 rings (SSSR count). The zero-order chi connectivity index (χ0) is 26.6. The van der Waals surface area contributed by atoms with E-state index in [0.29, 0.717) is 44.7 Å². The first-order valence-corrected chi connectivity index (χ1v) is 14.0. The normalized spacial score (nSPS) is 17.0. The van der Waals surface area contributed by atoms with Gasteiger partial charge >= 0.3 is 0 Å². The van der Waals surface area contributed by atoms with Crippen LogP contribution in [0.15, 0.2) is 47.8 Å². The maximum atomic E-state index is 14.2. The largest absolute Gasteiger partial charge is 0.497 e. The molecule has 2 aliphatic heterocycles. The van der Waals surface area contributed by atoms with E-state index in [4.69, 9.17) is 16.3 Å². The number of halogens is 2. The number of ether oxygens (including phenoxy) is 1. The molecular weight excluding hydrogens is 527 g/mol. The Morgan fingerprint density at radius 2 is 1.68 bits per heavy atom. The predicted molar refractivity (Wildman–Crippen MR) is 146 cm³/mol. The van der Waals surface area contributed by atoms with Gasteiger partial charge in [-0.25, -0.2) is 9.37 Å². The van der Waals surface area contributed by atoms with Crippen LogP contribution in [0.4, 0.5) is 4.39 Å². The number of amides is 2. The van der Waals surface area contributed by atoms with E-state index in [-0.39, 0.29) is 28.3 Å². The Kier molecular flexibility index (Phi) is 8.26. The highest BCUT2D eigenvalue weighted by molar-refractivity contribution is 7.09. The van der Waals surface area contributed by atoms with Gasteiger partial charge in [0.1, 0.15) is 17.3 Å². The van der Waals surface area contributed by atoms with Crippen LogP contribution in [-0.4, -0.2) is 77.9 Å². The molecule has 3 aromatic rings. The molecule has 2 fully saturated rings. The number of aromatic nitrogens is 1. The second kappa shape index (κ2) is 11.8. The summed E-state index contributed by atoms with van der Waals surface area (Å²) in [6.07, 6.45) is 1.42. The van der Waals surface area contributed by atoms with Crippen molar-refractivity contribution in [1.29, 1.82) is 0 Å². The molecule has 0 N–H and O–H groups in total. The average molecular weight is 557 g/mol. The van der Waals surface area contributed by atoms with E-state index in [2.05, 4.69) is 22.0 Å². The highest BCUT2D eigenvalue weighted by atomic mass is 35.5. The number of piperidine rings is 1. The molecule has 0 unspecified atom stereocenters. The number of hydrogen-bond acceptors (Lipinski definition) is 6. The Labute approximate surface area is 230 Å². The predicted octanol–water partition coefficient (Wildman–Crippen LogP) is 4.92. The standard InChI is InChI=1S/C28H30ClFN4O3S/c1-37-21-7-5-19(6-8-21)17-32-13-15-34(16-14-32)27(35)24-18-38-26(31-24)20-9-11-33(12-10-20)28(36)25-22(29)3-2-4-23(25)30/h2-8,18,20H,9-17H2,1H3. The summed E-state index contributed by atoms with van der Waals surface area (Å²) >= 11 is 7.58. The topological polar surface area (TPSA) is 66.0 Å². The number of methoxy groups -OCH3 is 1. The van der Waals surface area contributed by atoms with Gasteiger partial charge in [0.15, 0.2) is 0 Å². The second-order valence-electron chi connectivity index (χ2n) is 9.65. The number of likely N-dealkylation sites (tertiary alicyclic amines) is 1. The fourth-order valence-corrected chi connectivity index (χ4v) is 6.23. The quantitative estimate of drug-likeness (QED) is 0.431. The Bertz CT molecular complexity index is 1270. The van der Waals surface area contributed by atoms with E-state index in [9.17, 15) is 14.0 Å². The highest BCUT2D eigenvalue weighted by Crippen LogP contribution is 2.32. The summed E-state index contributed by atoms with van der Waals surface area (Å²) in [6, 6.07) is 12.3. The fourth-order valence-electron chi connectivity index (χ4n) is 5.02. The Morgan fingerprint density at radius 1 is 1.00 bits per heavy atom. The van der Waals surface area contributed by atoms with Gasteiger partial charge in [-0.2, -0.15) is 0 Å². The van der Waals surface area contributed by atoms with Crippen LogP contribution in [0, 0.1) is 5.82 Å². The molecule has 0 saturated carbocycles. The minimum atomic E-state index is -0.603.